The summed E-state index contributed by atoms with van der Waals surface area (Å²) in [6.07, 6.45) is 5.55. The molecule has 0 aromatic heterocycles. The summed E-state index contributed by atoms with van der Waals surface area (Å²) in [6, 6.07) is -0.0150. The van der Waals surface area contributed by atoms with Crippen molar-refractivity contribution in [3.05, 3.63) is 6.42 Å². The van der Waals surface area contributed by atoms with Gasteiger partial charge in [-0.1, -0.05) is 0 Å². The molecule has 1 heterocycles. The maximum atomic E-state index is 11.0. The molecule has 0 spiro atoms. The standard InChI is InChI=1S/C8H14NO3S/c1-13(10,11)9-7-5-12-8-4-2-3-6(7)8/h2,6-9H,3-5H2,1H3/t6-,7+,8-/m1/s1. The van der Waals surface area contributed by atoms with Crippen LogP contribution in [0.4, 0.5) is 0 Å². The van der Waals surface area contributed by atoms with E-state index in [1.165, 1.54) is 6.26 Å². The summed E-state index contributed by atoms with van der Waals surface area (Å²) >= 11 is 0. The van der Waals surface area contributed by atoms with Gasteiger partial charge in [0, 0.05) is 5.92 Å². The molecule has 13 heavy (non-hydrogen) atoms. The molecule has 1 radical (unpaired) electrons. The zero-order valence-corrected chi connectivity index (χ0v) is 8.38. The number of sulfonamides is 1. The van der Waals surface area contributed by atoms with E-state index in [0.717, 1.165) is 12.8 Å². The lowest BCUT2D eigenvalue weighted by Crippen LogP contribution is -2.39. The second-order valence-electron chi connectivity index (χ2n) is 3.79. The molecule has 0 bridgehead atoms. The summed E-state index contributed by atoms with van der Waals surface area (Å²) in [6.45, 7) is 0.524. The molecule has 1 aliphatic carbocycles. The molecular weight excluding hydrogens is 190 g/mol. The van der Waals surface area contributed by atoms with Gasteiger partial charge in [0.15, 0.2) is 0 Å². The van der Waals surface area contributed by atoms with Crippen molar-refractivity contribution in [3.63, 3.8) is 0 Å². The van der Waals surface area contributed by atoms with Crippen LogP contribution in [0.15, 0.2) is 0 Å². The summed E-state index contributed by atoms with van der Waals surface area (Å²) in [5, 5.41) is 0. The van der Waals surface area contributed by atoms with Gasteiger partial charge in [0.1, 0.15) is 0 Å². The van der Waals surface area contributed by atoms with E-state index < -0.39 is 10.0 Å². The molecule has 1 aliphatic heterocycles. The van der Waals surface area contributed by atoms with Gasteiger partial charge >= 0.3 is 0 Å². The molecule has 75 valence electrons. The molecule has 1 saturated carbocycles. The quantitative estimate of drug-likeness (QED) is 0.684. The monoisotopic (exact) mass is 204 g/mol. The topological polar surface area (TPSA) is 55.4 Å². The molecule has 0 amide bonds. The molecule has 1 saturated heterocycles. The zero-order chi connectivity index (χ0) is 9.47. The van der Waals surface area contributed by atoms with Crippen LogP contribution in [-0.2, 0) is 14.8 Å². The number of hydrogen-bond acceptors (Lipinski definition) is 3. The lowest BCUT2D eigenvalue weighted by molar-refractivity contribution is 0.104. The Morgan fingerprint density at radius 2 is 2.23 bits per heavy atom. The van der Waals surface area contributed by atoms with E-state index in [4.69, 9.17) is 4.74 Å². The average molecular weight is 204 g/mol. The largest absolute Gasteiger partial charge is 0.376 e. The van der Waals surface area contributed by atoms with Crippen LogP contribution in [0.3, 0.4) is 0 Å². The van der Waals surface area contributed by atoms with E-state index in [0.29, 0.717) is 12.5 Å². The van der Waals surface area contributed by atoms with Crippen LogP contribution in [0.1, 0.15) is 12.8 Å². The highest BCUT2D eigenvalue weighted by Crippen LogP contribution is 2.35. The van der Waals surface area contributed by atoms with Gasteiger partial charge in [-0.25, -0.2) is 13.1 Å². The first-order chi connectivity index (χ1) is 6.06. The predicted octanol–water partition coefficient (Wildman–Crippen LogP) is -0.0827. The highest BCUT2D eigenvalue weighted by molar-refractivity contribution is 7.88. The fourth-order valence-corrected chi connectivity index (χ4v) is 2.93. The predicted molar refractivity (Wildman–Crippen MR) is 48.5 cm³/mol. The molecule has 5 heteroatoms. The Labute approximate surface area is 78.7 Å². The van der Waals surface area contributed by atoms with Crippen molar-refractivity contribution < 1.29 is 13.2 Å². The molecule has 3 atom stereocenters. The molecule has 2 fully saturated rings. The Morgan fingerprint density at radius 3 is 2.92 bits per heavy atom. The Morgan fingerprint density at radius 1 is 1.46 bits per heavy atom. The minimum Gasteiger partial charge on any atom is -0.376 e. The van der Waals surface area contributed by atoms with Crippen molar-refractivity contribution >= 4 is 10.0 Å². The van der Waals surface area contributed by atoms with Crippen LogP contribution in [-0.4, -0.2) is 33.4 Å². The summed E-state index contributed by atoms with van der Waals surface area (Å²) in [4.78, 5) is 0. The molecule has 2 rings (SSSR count). The van der Waals surface area contributed by atoms with Gasteiger partial charge < -0.3 is 4.74 Å². The second-order valence-corrected chi connectivity index (χ2v) is 5.57. The highest BCUT2D eigenvalue weighted by Gasteiger charge is 2.41. The van der Waals surface area contributed by atoms with Crippen LogP contribution >= 0.6 is 0 Å². The molecule has 0 aromatic carbocycles. The van der Waals surface area contributed by atoms with Crippen molar-refractivity contribution in [2.24, 2.45) is 5.92 Å². The van der Waals surface area contributed by atoms with E-state index in [-0.39, 0.29) is 12.1 Å². The first kappa shape index (κ1) is 9.43. The van der Waals surface area contributed by atoms with Crippen LogP contribution in [0.25, 0.3) is 0 Å². The highest BCUT2D eigenvalue weighted by atomic mass is 32.2. The number of nitrogens with one attached hydrogen (secondary N) is 1. The average Bonchev–Trinajstić information content (AvgIpc) is 2.50. The van der Waals surface area contributed by atoms with Crippen molar-refractivity contribution in [3.8, 4) is 0 Å². The third kappa shape index (κ3) is 2.03. The Balaban J connectivity index is 2.01. The van der Waals surface area contributed by atoms with Gasteiger partial charge in [-0.15, -0.1) is 0 Å². The fraction of sp³-hybridized carbons (Fsp3) is 0.875. The molecule has 2 aliphatic rings. The summed E-state index contributed by atoms with van der Waals surface area (Å²) in [5.41, 5.74) is 0. The molecule has 0 unspecified atom stereocenters. The Bertz CT molecular complexity index is 288. The number of hydrogen-bond donors (Lipinski definition) is 1. The van der Waals surface area contributed by atoms with E-state index in [2.05, 4.69) is 11.1 Å². The normalized spacial score (nSPS) is 39.3. The van der Waals surface area contributed by atoms with Gasteiger partial charge in [0.25, 0.3) is 0 Å². The van der Waals surface area contributed by atoms with Crippen LogP contribution in [0, 0.1) is 12.3 Å². The van der Waals surface area contributed by atoms with Crippen molar-refractivity contribution in [1.29, 1.82) is 0 Å². The van der Waals surface area contributed by atoms with Crippen molar-refractivity contribution in [2.45, 2.75) is 25.0 Å². The van der Waals surface area contributed by atoms with Crippen molar-refractivity contribution in [1.82, 2.24) is 4.72 Å². The zero-order valence-electron chi connectivity index (χ0n) is 7.56. The van der Waals surface area contributed by atoms with Crippen LogP contribution in [0.2, 0.25) is 0 Å². The maximum Gasteiger partial charge on any atom is 0.209 e. The lowest BCUT2D eigenvalue weighted by atomic mass is 10.0. The number of fused-ring (bicyclic) bond motifs is 1. The summed E-state index contributed by atoms with van der Waals surface area (Å²) in [5.74, 6) is 0.356. The third-order valence-corrected chi connectivity index (χ3v) is 3.42. The smallest absolute Gasteiger partial charge is 0.209 e. The maximum absolute atomic E-state index is 11.0. The summed E-state index contributed by atoms with van der Waals surface area (Å²) < 4.78 is 30.1. The number of ether oxygens (including phenoxy) is 1. The lowest BCUT2D eigenvalue weighted by Gasteiger charge is -2.15. The Kier molecular flexibility index (Phi) is 2.33. The van der Waals surface area contributed by atoms with E-state index in [1.807, 2.05) is 0 Å². The van der Waals surface area contributed by atoms with E-state index in [1.54, 1.807) is 0 Å². The summed E-state index contributed by atoms with van der Waals surface area (Å²) in [7, 11) is -3.09. The van der Waals surface area contributed by atoms with Crippen LogP contribution < -0.4 is 4.72 Å². The number of rotatable bonds is 2. The molecular formula is C8H14NO3S. The molecule has 0 aromatic rings. The Hall–Kier alpha value is -0.130. The van der Waals surface area contributed by atoms with E-state index >= 15 is 0 Å². The van der Waals surface area contributed by atoms with E-state index in [9.17, 15) is 8.42 Å². The van der Waals surface area contributed by atoms with Crippen molar-refractivity contribution in [2.75, 3.05) is 12.9 Å². The van der Waals surface area contributed by atoms with Gasteiger partial charge in [-0.3, -0.25) is 0 Å². The minimum atomic E-state index is -3.09. The van der Waals surface area contributed by atoms with Gasteiger partial charge in [0.2, 0.25) is 10.0 Å². The van der Waals surface area contributed by atoms with Crippen LogP contribution in [0.5, 0.6) is 0 Å². The molecule has 1 N–H and O–H groups in total. The fourth-order valence-electron chi connectivity index (χ4n) is 2.14. The first-order valence-corrected chi connectivity index (χ1v) is 6.36. The van der Waals surface area contributed by atoms with Gasteiger partial charge in [0.05, 0.1) is 25.0 Å². The minimum absolute atomic E-state index is 0.0150. The second kappa shape index (κ2) is 3.22. The van der Waals surface area contributed by atoms with Gasteiger partial charge in [-0.05, 0) is 19.3 Å². The molecule has 4 nitrogen and oxygen atoms in total. The van der Waals surface area contributed by atoms with Gasteiger partial charge in [-0.2, -0.15) is 0 Å². The SMILES string of the molecule is CS(=O)(=O)N[C@H]1CO[C@@H]2C[CH]C[C@H]12. The first-order valence-electron chi connectivity index (χ1n) is 4.47. The third-order valence-electron chi connectivity index (χ3n) is 2.69.